The van der Waals surface area contributed by atoms with Gasteiger partial charge in [-0.05, 0) is 57.1 Å². The molecule has 2 aromatic carbocycles. The van der Waals surface area contributed by atoms with E-state index in [1.165, 1.54) is 18.2 Å². The van der Waals surface area contributed by atoms with Crippen molar-refractivity contribution in [3.63, 3.8) is 0 Å². The number of aliphatic hydroxyl groups is 1. The predicted molar refractivity (Wildman–Crippen MR) is 122 cm³/mol. The Morgan fingerprint density at radius 1 is 1.24 bits per heavy atom. The van der Waals surface area contributed by atoms with Crippen molar-refractivity contribution in [1.82, 2.24) is 4.90 Å². The lowest BCUT2D eigenvalue weighted by Gasteiger charge is -2.41. The van der Waals surface area contributed by atoms with E-state index in [4.69, 9.17) is 28.9 Å². The first kappa shape index (κ1) is 24.8. The maximum atomic E-state index is 14.2. The van der Waals surface area contributed by atoms with E-state index in [2.05, 4.69) is 0 Å². The van der Waals surface area contributed by atoms with Crippen LogP contribution in [0.1, 0.15) is 39.9 Å². The second-order valence-corrected chi connectivity index (χ2v) is 9.83. The first-order valence-electron chi connectivity index (χ1n) is 10.5. The van der Waals surface area contributed by atoms with Crippen molar-refractivity contribution in [2.24, 2.45) is 11.7 Å². The number of nitrogens with zero attached hydrogens (tertiary/aromatic N) is 2. The molecule has 1 fully saturated rings. The Balaban J connectivity index is 1.93. The SMILES string of the molecule is CN(C)C1CC(CN2C(=O)C(O)(c3ccc(Cl)cc3Cl)c3c2cc(C(N)=O)cc3C(F)(F)F)C1. The molecular weight excluding hydrogens is 494 g/mol. The minimum atomic E-state index is -4.99. The summed E-state index contributed by atoms with van der Waals surface area (Å²) in [4.78, 5) is 28.7. The summed E-state index contributed by atoms with van der Waals surface area (Å²) in [5.41, 5.74) is -0.312. The number of carbonyl (C=O) groups excluding carboxylic acids is 2. The van der Waals surface area contributed by atoms with E-state index in [-0.39, 0.29) is 39.8 Å². The van der Waals surface area contributed by atoms with Crippen molar-refractivity contribution in [1.29, 1.82) is 0 Å². The molecule has 34 heavy (non-hydrogen) atoms. The van der Waals surface area contributed by atoms with Crippen molar-refractivity contribution in [2.75, 3.05) is 25.5 Å². The molecule has 1 aliphatic heterocycles. The van der Waals surface area contributed by atoms with Crippen LogP contribution in [0.2, 0.25) is 10.0 Å². The zero-order chi connectivity index (χ0) is 25.2. The Morgan fingerprint density at radius 2 is 1.88 bits per heavy atom. The van der Waals surface area contributed by atoms with Crippen LogP contribution in [0.3, 0.4) is 0 Å². The highest BCUT2D eigenvalue weighted by Gasteiger charge is 2.57. The maximum absolute atomic E-state index is 14.2. The molecule has 11 heteroatoms. The largest absolute Gasteiger partial charge is 0.416 e. The van der Waals surface area contributed by atoms with E-state index in [0.717, 1.165) is 23.8 Å². The first-order valence-corrected chi connectivity index (χ1v) is 11.2. The Bertz CT molecular complexity index is 1180. The lowest BCUT2D eigenvalue weighted by atomic mass is 9.79. The van der Waals surface area contributed by atoms with Gasteiger partial charge in [0.05, 0.1) is 11.3 Å². The number of carbonyl (C=O) groups is 2. The third-order valence-electron chi connectivity index (χ3n) is 6.62. The molecule has 1 unspecified atom stereocenters. The van der Waals surface area contributed by atoms with Crippen LogP contribution in [-0.4, -0.2) is 48.5 Å². The molecule has 4 rings (SSSR count). The number of hydrogen-bond acceptors (Lipinski definition) is 4. The second kappa shape index (κ2) is 8.41. The summed E-state index contributed by atoms with van der Waals surface area (Å²) in [6.07, 6.45) is -3.53. The van der Waals surface area contributed by atoms with Crippen LogP contribution >= 0.6 is 23.2 Å². The van der Waals surface area contributed by atoms with Gasteiger partial charge in [0.25, 0.3) is 5.91 Å². The molecule has 6 nitrogen and oxygen atoms in total. The molecule has 2 aromatic rings. The van der Waals surface area contributed by atoms with Gasteiger partial charge in [-0.15, -0.1) is 0 Å². The molecule has 0 bridgehead atoms. The summed E-state index contributed by atoms with van der Waals surface area (Å²) in [6, 6.07) is 5.75. The Hall–Kier alpha value is -2.33. The lowest BCUT2D eigenvalue weighted by molar-refractivity contribution is -0.142. The van der Waals surface area contributed by atoms with Gasteiger partial charge in [-0.25, -0.2) is 0 Å². The average molecular weight is 516 g/mol. The van der Waals surface area contributed by atoms with E-state index in [1.54, 1.807) is 0 Å². The van der Waals surface area contributed by atoms with Gasteiger partial charge >= 0.3 is 6.18 Å². The number of alkyl halides is 3. The van der Waals surface area contributed by atoms with Crippen LogP contribution in [0.15, 0.2) is 30.3 Å². The smallest absolute Gasteiger partial charge is 0.372 e. The number of nitrogens with two attached hydrogens (primary N) is 1. The van der Waals surface area contributed by atoms with E-state index in [9.17, 15) is 27.9 Å². The van der Waals surface area contributed by atoms with Crippen LogP contribution < -0.4 is 10.6 Å². The molecule has 0 radical (unpaired) electrons. The summed E-state index contributed by atoms with van der Waals surface area (Å²) >= 11 is 12.2. The second-order valence-electron chi connectivity index (χ2n) is 8.99. The normalized spacial score (nSPS) is 24.4. The fourth-order valence-corrected chi connectivity index (χ4v) is 5.29. The van der Waals surface area contributed by atoms with Gasteiger partial charge in [-0.1, -0.05) is 29.3 Å². The van der Waals surface area contributed by atoms with E-state index in [0.29, 0.717) is 6.07 Å². The minimum absolute atomic E-state index is 0.00110. The van der Waals surface area contributed by atoms with Crippen molar-refractivity contribution in [3.8, 4) is 0 Å². The molecule has 2 amide bonds. The lowest BCUT2D eigenvalue weighted by Crippen LogP contribution is -2.48. The van der Waals surface area contributed by atoms with Crippen LogP contribution in [-0.2, 0) is 16.6 Å². The van der Waals surface area contributed by atoms with Crippen molar-refractivity contribution in [3.05, 3.63) is 62.6 Å². The van der Waals surface area contributed by atoms with E-state index >= 15 is 0 Å². The molecule has 0 saturated heterocycles. The molecule has 0 spiro atoms. The summed E-state index contributed by atoms with van der Waals surface area (Å²) in [5.74, 6) is -2.07. The summed E-state index contributed by atoms with van der Waals surface area (Å²) < 4.78 is 42.6. The number of amides is 2. The average Bonchev–Trinajstić information content (AvgIpc) is 2.90. The Labute approximate surface area is 204 Å². The summed E-state index contributed by atoms with van der Waals surface area (Å²) in [6.45, 7) is 0.0726. The highest BCUT2D eigenvalue weighted by atomic mass is 35.5. The van der Waals surface area contributed by atoms with Crippen LogP contribution in [0, 0.1) is 5.92 Å². The van der Waals surface area contributed by atoms with Gasteiger partial charge in [0.1, 0.15) is 0 Å². The molecule has 1 heterocycles. The van der Waals surface area contributed by atoms with Crippen LogP contribution in [0.4, 0.5) is 18.9 Å². The molecule has 2 aliphatic rings. The highest BCUT2D eigenvalue weighted by Crippen LogP contribution is 2.52. The van der Waals surface area contributed by atoms with Gasteiger partial charge in [0.15, 0.2) is 5.60 Å². The maximum Gasteiger partial charge on any atom is 0.416 e. The van der Waals surface area contributed by atoms with Crippen LogP contribution in [0.5, 0.6) is 0 Å². The monoisotopic (exact) mass is 515 g/mol. The van der Waals surface area contributed by atoms with E-state index < -0.39 is 40.3 Å². The van der Waals surface area contributed by atoms with Crippen molar-refractivity contribution in [2.45, 2.75) is 30.7 Å². The zero-order valence-corrected chi connectivity index (χ0v) is 19.8. The van der Waals surface area contributed by atoms with Gasteiger partial charge in [0, 0.05) is 39.3 Å². The number of primary amides is 1. The molecule has 182 valence electrons. The molecule has 1 atom stereocenters. The number of anilines is 1. The number of rotatable bonds is 5. The zero-order valence-electron chi connectivity index (χ0n) is 18.3. The third-order valence-corrected chi connectivity index (χ3v) is 7.17. The summed E-state index contributed by atoms with van der Waals surface area (Å²) in [7, 11) is 3.85. The fraction of sp³-hybridized carbons (Fsp3) is 0.391. The number of fused-ring (bicyclic) bond motifs is 1. The molecule has 1 aliphatic carbocycles. The predicted octanol–water partition coefficient (Wildman–Crippen LogP) is 4.03. The quantitative estimate of drug-likeness (QED) is 0.629. The van der Waals surface area contributed by atoms with Gasteiger partial charge in [-0.2, -0.15) is 13.2 Å². The highest BCUT2D eigenvalue weighted by molar-refractivity contribution is 6.35. The third kappa shape index (κ3) is 3.94. The first-order chi connectivity index (χ1) is 15.7. The summed E-state index contributed by atoms with van der Waals surface area (Å²) in [5, 5.41) is 11.7. The van der Waals surface area contributed by atoms with Gasteiger partial charge < -0.3 is 20.6 Å². The molecule has 0 aromatic heterocycles. The van der Waals surface area contributed by atoms with Crippen molar-refractivity contribution < 1.29 is 27.9 Å². The topological polar surface area (TPSA) is 86.9 Å². The Kier molecular flexibility index (Phi) is 6.13. The number of hydrogen-bond donors (Lipinski definition) is 2. The standard InChI is InChI=1S/C23H22Cl2F3N3O3/c1-30(2)14-5-11(6-14)10-31-18-8-12(20(29)32)7-16(23(26,27)28)19(18)22(34,21(31)33)15-4-3-13(24)9-17(15)25/h3-4,7-9,11,14,34H,5-6,10H2,1-2H3,(H2,29,32). The Morgan fingerprint density at radius 3 is 2.41 bits per heavy atom. The fourth-order valence-electron chi connectivity index (χ4n) is 4.74. The van der Waals surface area contributed by atoms with Gasteiger partial charge in [-0.3, -0.25) is 9.59 Å². The van der Waals surface area contributed by atoms with Crippen LogP contribution in [0.25, 0.3) is 0 Å². The molecule has 1 saturated carbocycles. The minimum Gasteiger partial charge on any atom is -0.372 e. The van der Waals surface area contributed by atoms with E-state index in [1.807, 2.05) is 19.0 Å². The van der Waals surface area contributed by atoms with Gasteiger partial charge in [0.2, 0.25) is 5.91 Å². The molecular formula is C23H22Cl2F3N3O3. The van der Waals surface area contributed by atoms with Crippen molar-refractivity contribution >= 4 is 40.7 Å². The molecule has 3 N–H and O–H groups in total. The number of benzene rings is 2. The number of halogens is 5.